The van der Waals surface area contributed by atoms with E-state index < -0.39 is 0 Å². The third-order valence-electron chi connectivity index (χ3n) is 3.99. The lowest BCUT2D eigenvalue weighted by molar-refractivity contribution is 0.787. The number of rotatable bonds is 5. The van der Waals surface area contributed by atoms with E-state index in [0.29, 0.717) is 12.0 Å². The lowest BCUT2D eigenvalue weighted by atomic mass is 10.1. The van der Waals surface area contributed by atoms with Gasteiger partial charge in [-0.3, -0.25) is 4.99 Å². The molecule has 2 atom stereocenters. The Balaban J connectivity index is 0.00000208. The van der Waals surface area contributed by atoms with E-state index >= 15 is 0 Å². The van der Waals surface area contributed by atoms with Gasteiger partial charge >= 0.3 is 0 Å². The molecule has 130 valence electrons. The van der Waals surface area contributed by atoms with Crippen LogP contribution < -0.4 is 10.6 Å². The van der Waals surface area contributed by atoms with Crippen LogP contribution in [-0.4, -0.2) is 24.0 Å². The van der Waals surface area contributed by atoms with Gasteiger partial charge in [0.1, 0.15) is 5.01 Å². The quantitative estimate of drug-likeness (QED) is 0.351. The molecule has 0 radical (unpaired) electrons. The van der Waals surface area contributed by atoms with Crippen molar-refractivity contribution in [2.45, 2.75) is 38.3 Å². The first-order chi connectivity index (χ1) is 11.2. The maximum atomic E-state index is 4.43. The molecule has 0 amide bonds. The number of nitrogens with one attached hydrogen (secondary N) is 2. The van der Waals surface area contributed by atoms with Crippen molar-refractivity contribution in [3.63, 3.8) is 0 Å². The van der Waals surface area contributed by atoms with Gasteiger partial charge in [-0.2, -0.15) is 0 Å². The molecular weight excluding hydrogens is 499 g/mol. The normalized spacial score (nSPS) is 19.5. The second kappa shape index (κ2) is 9.15. The van der Waals surface area contributed by atoms with Gasteiger partial charge in [0.05, 0.1) is 6.54 Å². The average Bonchev–Trinajstić information content (AvgIpc) is 3.18. The highest BCUT2D eigenvalue weighted by molar-refractivity contribution is 14.0. The molecule has 0 saturated heterocycles. The van der Waals surface area contributed by atoms with E-state index in [1.165, 1.54) is 10.4 Å². The monoisotopic (exact) mass is 520 g/mol. The average molecular weight is 521 g/mol. The van der Waals surface area contributed by atoms with Crippen molar-refractivity contribution in [2.75, 3.05) is 7.05 Å². The SMILES string of the molecule is CCc1cnc(CNC(=NC)NC2CC2c2ccc(Br)cc2)s1.I. The fourth-order valence-electron chi connectivity index (χ4n) is 2.56. The van der Waals surface area contributed by atoms with E-state index in [4.69, 9.17) is 0 Å². The molecule has 2 aromatic rings. The number of aromatic nitrogens is 1. The molecule has 1 saturated carbocycles. The number of thiazole rings is 1. The summed E-state index contributed by atoms with van der Waals surface area (Å²) >= 11 is 5.24. The van der Waals surface area contributed by atoms with E-state index in [2.05, 4.69) is 67.7 Å². The Morgan fingerprint density at radius 3 is 2.75 bits per heavy atom. The topological polar surface area (TPSA) is 49.3 Å². The summed E-state index contributed by atoms with van der Waals surface area (Å²) in [6.45, 7) is 2.88. The van der Waals surface area contributed by atoms with Crippen molar-refractivity contribution in [1.29, 1.82) is 0 Å². The standard InChI is InChI=1S/C17H21BrN4S.HI/c1-3-13-9-20-16(23-13)10-21-17(19-2)22-15-8-14(15)11-4-6-12(18)7-5-11;/h4-7,9,14-15H,3,8,10H2,1-2H3,(H2,19,21,22);1H. The minimum Gasteiger partial charge on any atom is -0.353 e. The van der Waals surface area contributed by atoms with Crippen LogP contribution in [0.5, 0.6) is 0 Å². The molecule has 1 heterocycles. The van der Waals surface area contributed by atoms with Gasteiger partial charge in [-0.25, -0.2) is 4.98 Å². The van der Waals surface area contributed by atoms with Crippen molar-refractivity contribution in [3.8, 4) is 0 Å². The zero-order valence-corrected chi connectivity index (χ0v) is 18.5. The lowest BCUT2D eigenvalue weighted by Gasteiger charge is -2.10. The largest absolute Gasteiger partial charge is 0.353 e. The van der Waals surface area contributed by atoms with Crippen LogP contribution in [0.15, 0.2) is 39.9 Å². The van der Waals surface area contributed by atoms with Crippen molar-refractivity contribution in [2.24, 2.45) is 4.99 Å². The first-order valence-electron chi connectivity index (χ1n) is 7.85. The summed E-state index contributed by atoms with van der Waals surface area (Å²) in [5.41, 5.74) is 1.38. The molecular formula is C17H22BrIN4S. The number of hydrogen-bond acceptors (Lipinski definition) is 3. The van der Waals surface area contributed by atoms with Gasteiger partial charge in [0.2, 0.25) is 0 Å². The summed E-state index contributed by atoms with van der Waals surface area (Å²) in [5, 5.41) is 7.96. The molecule has 0 aliphatic heterocycles. The van der Waals surface area contributed by atoms with E-state index in [1.807, 2.05) is 13.2 Å². The maximum Gasteiger partial charge on any atom is 0.191 e. The van der Waals surface area contributed by atoms with E-state index in [-0.39, 0.29) is 24.0 Å². The van der Waals surface area contributed by atoms with Crippen LogP contribution in [0.4, 0.5) is 0 Å². The Hall–Kier alpha value is -0.670. The number of guanidine groups is 1. The Labute approximate surface area is 172 Å². The highest BCUT2D eigenvalue weighted by Crippen LogP contribution is 2.40. The van der Waals surface area contributed by atoms with Gasteiger partial charge in [-0.05, 0) is 30.5 Å². The molecule has 1 aliphatic rings. The van der Waals surface area contributed by atoms with Crippen LogP contribution in [0.25, 0.3) is 0 Å². The molecule has 2 N–H and O–H groups in total. The van der Waals surface area contributed by atoms with Gasteiger partial charge in [-0.1, -0.05) is 35.0 Å². The number of aryl methyl sites for hydroxylation is 1. The fraction of sp³-hybridized carbons (Fsp3) is 0.412. The summed E-state index contributed by atoms with van der Waals surface area (Å²) in [6, 6.07) is 9.05. The fourth-order valence-corrected chi connectivity index (χ4v) is 3.62. The van der Waals surface area contributed by atoms with Crippen LogP contribution in [0.2, 0.25) is 0 Å². The smallest absolute Gasteiger partial charge is 0.191 e. The Kier molecular flexibility index (Phi) is 7.49. The number of aliphatic imine (C=N–C) groups is 1. The van der Waals surface area contributed by atoms with Crippen LogP contribution in [0, 0.1) is 0 Å². The minimum absolute atomic E-state index is 0. The number of benzene rings is 1. The summed E-state index contributed by atoms with van der Waals surface area (Å²) in [6.07, 6.45) is 4.16. The highest BCUT2D eigenvalue weighted by Gasteiger charge is 2.38. The van der Waals surface area contributed by atoms with Crippen molar-refractivity contribution >= 4 is 57.2 Å². The summed E-state index contributed by atoms with van der Waals surface area (Å²) in [5.74, 6) is 1.43. The third-order valence-corrected chi connectivity index (χ3v) is 5.66. The summed E-state index contributed by atoms with van der Waals surface area (Å²) < 4.78 is 1.12. The Morgan fingerprint density at radius 1 is 1.38 bits per heavy atom. The van der Waals surface area contributed by atoms with Gasteiger partial charge in [0, 0.05) is 34.6 Å². The number of halogens is 2. The highest BCUT2D eigenvalue weighted by atomic mass is 127. The van der Waals surface area contributed by atoms with Gasteiger partial charge in [-0.15, -0.1) is 35.3 Å². The van der Waals surface area contributed by atoms with Crippen molar-refractivity contribution in [1.82, 2.24) is 15.6 Å². The van der Waals surface area contributed by atoms with E-state index in [0.717, 1.165) is 34.8 Å². The Morgan fingerprint density at radius 2 is 2.12 bits per heavy atom. The van der Waals surface area contributed by atoms with E-state index in [9.17, 15) is 0 Å². The first kappa shape index (κ1) is 19.7. The van der Waals surface area contributed by atoms with Crippen LogP contribution in [-0.2, 0) is 13.0 Å². The minimum atomic E-state index is 0. The molecule has 1 aromatic carbocycles. The zero-order valence-electron chi connectivity index (χ0n) is 13.8. The number of hydrogen-bond donors (Lipinski definition) is 2. The molecule has 0 spiro atoms. The molecule has 24 heavy (non-hydrogen) atoms. The number of nitrogens with zero attached hydrogens (tertiary/aromatic N) is 2. The maximum absolute atomic E-state index is 4.43. The molecule has 2 unspecified atom stereocenters. The molecule has 1 fully saturated rings. The van der Waals surface area contributed by atoms with Crippen molar-refractivity contribution in [3.05, 3.63) is 50.4 Å². The second-order valence-electron chi connectivity index (χ2n) is 5.64. The van der Waals surface area contributed by atoms with Crippen LogP contribution in [0.3, 0.4) is 0 Å². The molecule has 4 nitrogen and oxygen atoms in total. The molecule has 7 heteroatoms. The van der Waals surface area contributed by atoms with Crippen LogP contribution in [0.1, 0.15) is 34.7 Å². The van der Waals surface area contributed by atoms with Crippen LogP contribution >= 0.6 is 51.2 Å². The lowest BCUT2D eigenvalue weighted by Crippen LogP contribution is -2.38. The first-order valence-corrected chi connectivity index (χ1v) is 9.46. The predicted octanol–water partition coefficient (Wildman–Crippen LogP) is 4.31. The van der Waals surface area contributed by atoms with E-state index in [1.54, 1.807) is 11.3 Å². The van der Waals surface area contributed by atoms with Gasteiger partial charge in [0.15, 0.2) is 5.96 Å². The second-order valence-corrected chi connectivity index (χ2v) is 7.76. The zero-order chi connectivity index (χ0) is 16.2. The summed E-state index contributed by atoms with van der Waals surface area (Å²) in [4.78, 5) is 10.1. The Bertz CT molecular complexity index is 686. The van der Waals surface area contributed by atoms with Gasteiger partial charge < -0.3 is 10.6 Å². The predicted molar refractivity (Wildman–Crippen MR) is 116 cm³/mol. The molecule has 3 rings (SSSR count). The molecule has 1 aromatic heterocycles. The molecule has 0 bridgehead atoms. The van der Waals surface area contributed by atoms with Crippen molar-refractivity contribution < 1.29 is 0 Å². The summed E-state index contributed by atoms with van der Waals surface area (Å²) in [7, 11) is 1.81. The van der Waals surface area contributed by atoms with Gasteiger partial charge in [0.25, 0.3) is 0 Å². The molecule has 1 aliphatic carbocycles. The third kappa shape index (κ3) is 5.16.